The maximum atomic E-state index is 13.1. The molecular weight excluding hydrogens is 415 g/mol. The normalized spacial score (nSPS) is 17.1. The van der Waals surface area contributed by atoms with E-state index in [-0.39, 0.29) is 11.8 Å². The number of aryl methyl sites for hydroxylation is 2. The van der Waals surface area contributed by atoms with Crippen LogP contribution in [0.2, 0.25) is 0 Å². The molecule has 0 bridgehead atoms. The lowest BCUT2D eigenvalue weighted by Crippen LogP contribution is -2.53. The topological polar surface area (TPSA) is 85.5 Å². The van der Waals surface area contributed by atoms with Gasteiger partial charge in [-0.1, -0.05) is 12.1 Å². The standard InChI is InChI=1S/C22H25FN6O3/c1-26-19-18(12-24-20(25-19)27-8-10-32-11-9-27)29(21(26)30)22(31)28-13-16(14-28)3-2-15-4-6-17(23)7-5-15/h4-7,12,16H,2-3,8-11,13-14H2,1H3. The van der Waals surface area contributed by atoms with E-state index >= 15 is 0 Å². The quantitative estimate of drug-likeness (QED) is 0.613. The van der Waals surface area contributed by atoms with E-state index in [1.807, 2.05) is 4.90 Å². The van der Waals surface area contributed by atoms with Crippen molar-refractivity contribution in [2.75, 3.05) is 44.3 Å². The van der Waals surface area contributed by atoms with Gasteiger partial charge < -0.3 is 14.5 Å². The number of likely N-dealkylation sites (tertiary alicyclic amines) is 1. The predicted molar refractivity (Wildman–Crippen MR) is 116 cm³/mol. The van der Waals surface area contributed by atoms with Crippen LogP contribution in [0.15, 0.2) is 35.3 Å². The fraction of sp³-hybridized carbons (Fsp3) is 0.455. The first kappa shape index (κ1) is 20.6. The molecule has 0 atom stereocenters. The molecule has 5 rings (SSSR count). The maximum Gasteiger partial charge on any atom is 0.338 e. The van der Waals surface area contributed by atoms with E-state index in [9.17, 15) is 14.0 Å². The fourth-order valence-electron chi connectivity index (χ4n) is 4.28. The number of carbonyl (C=O) groups excluding carboxylic acids is 1. The fourth-order valence-corrected chi connectivity index (χ4v) is 4.28. The zero-order valence-electron chi connectivity index (χ0n) is 17.9. The van der Waals surface area contributed by atoms with Crippen molar-refractivity contribution in [1.29, 1.82) is 0 Å². The largest absolute Gasteiger partial charge is 0.378 e. The summed E-state index contributed by atoms with van der Waals surface area (Å²) in [4.78, 5) is 38.5. The minimum Gasteiger partial charge on any atom is -0.378 e. The van der Waals surface area contributed by atoms with Gasteiger partial charge in [-0.2, -0.15) is 4.98 Å². The lowest BCUT2D eigenvalue weighted by Gasteiger charge is -2.39. The molecule has 0 unspecified atom stereocenters. The van der Waals surface area contributed by atoms with Crippen LogP contribution in [0.1, 0.15) is 12.0 Å². The highest BCUT2D eigenvalue weighted by Gasteiger charge is 2.33. The molecule has 10 heteroatoms. The molecule has 1 aromatic carbocycles. The number of amides is 1. The lowest BCUT2D eigenvalue weighted by atomic mass is 9.93. The molecule has 2 aromatic heterocycles. The first-order valence-corrected chi connectivity index (χ1v) is 10.8. The van der Waals surface area contributed by atoms with E-state index in [0.29, 0.717) is 62.4 Å². The first-order chi connectivity index (χ1) is 15.5. The Morgan fingerprint density at radius 2 is 1.91 bits per heavy atom. The Balaban J connectivity index is 1.28. The van der Waals surface area contributed by atoms with Crippen molar-refractivity contribution in [3.8, 4) is 0 Å². The number of rotatable bonds is 4. The van der Waals surface area contributed by atoms with Crippen molar-refractivity contribution in [1.82, 2.24) is 24.0 Å². The van der Waals surface area contributed by atoms with Crippen molar-refractivity contribution in [2.45, 2.75) is 12.8 Å². The molecule has 168 valence electrons. The van der Waals surface area contributed by atoms with Crippen LogP contribution in [0.4, 0.5) is 15.1 Å². The molecule has 0 N–H and O–H groups in total. The molecule has 2 aliphatic heterocycles. The molecule has 2 fully saturated rings. The second-order valence-electron chi connectivity index (χ2n) is 8.37. The first-order valence-electron chi connectivity index (χ1n) is 10.8. The van der Waals surface area contributed by atoms with Gasteiger partial charge in [-0.3, -0.25) is 4.57 Å². The van der Waals surface area contributed by atoms with Crippen LogP contribution in [0.25, 0.3) is 11.2 Å². The molecular formula is C22H25FN6O3. The van der Waals surface area contributed by atoms with Crippen LogP contribution < -0.4 is 10.6 Å². The Hall–Kier alpha value is -3.27. The molecule has 2 aliphatic rings. The number of hydrogen-bond donors (Lipinski definition) is 0. The summed E-state index contributed by atoms with van der Waals surface area (Å²) in [6.07, 6.45) is 3.30. The van der Waals surface area contributed by atoms with Gasteiger partial charge in [0.1, 0.15) is 11.3 Å². The summed E-state index contributed by atoms with van der Waals surface area (Å²) in [7, 11) is 1.62. The van der Waals surface area contributed by atoms with Crippen molar-refractivity contribution in [2.24, 2.45) is 13.0 Å². The SMILES string of the molecule is Cn1c(=O)n(C(=O)N2CC(CCc3ccc(F)cc3)C2)c2cnc(N3CCOCC3)nc21. The van der Waals surface area contributed by atoms with Gasteiger partial charge in [0.15, 0.2) is 5.65 Å². The highest BCUT2D eigenvalue weighted by molar-refractivity contribution is 5.88. The molecule has 2 saturated heterocycles. The Morgan fingerprint density at radius 3 is 2.62 bits per heavy atom. The third-order valence-electron chi connectivity index (χ3n) is 6.24. The smallest absolute Gasteiger partial charge is 0.338 e. The minimum atomic E-state index is -0.423. The summed E-state index contributed by atoms with van der Waals surface area (Å²) in [5.41, 5.74) is 1.50. The molecule has 0 aliphatic carbocycles. The van der Waals surface area contributed by atoms with Crippen molar-refractivity contribution in [3.63, 3.8) is 0 Å². The van der Waals surface area contributed by atoms with Gasteiger partial charge in [-0.15, -0.1) is 0 Å². The van der Waals surface area contributed by atoms with Gasteiger partial charge in [0, 0.05) is 33.2 Å². The number of imidazole rings is 1. The summed E-state index contributed by atoms with van der Waals surface area (Å²) < 4.78 is 21.0. The number of carbonyl (C=O) groups is 1. The van der Waals surface area contributed by atoms with E-state index < -0.39 is 5.69 Å². The van der Waals surface area contributed by atoms with E-state index in [4.69, 9.17) is 4.74 Å². The summed E-state index contributed by atoms with van der Waals surface area (Å²) >= 11 is 0. The van der Waals surface area contributed by atoms with Crippen LogP contribution in [0, 0.1) is 11.7 Å². The summed E-state index contributed by atoms with van der Waals surface area (Å²) in [6, 6.07) is 6.16. The van der Waals surface area contributed by atoms with Gasteiger partial charge in [0.05, 0.1) is 19.4 Å². The molecule has 0 saturated carbocycles. The average molecular weight is 440 g/mol. The van der Waals surface area contributed by atoms with Gasteiger partial charge in [-0.05, 0) is 36.5 Å². The number of aromatic nitrogens is 4. The number of fused-ring (bicyclic) bond motifs is 1. The summed E-state index contributed by atoms with van der Waals surface area (Å²) in [5.74, 6) is 0.653. The summed E-state index contributed by atoms with van der Waals surface area (Å²) in [6.45, 7) is 3.78. The van der Waals surface area contributed by atoms with Crippen LogP contribution in [0.3, 0.4) is 0 Å². The number of ether oxygens (including phenoxy) is 1. The van der Waals surface area contributed by atoms with Crippen molar-refractivity contribution >= 4 is 23.1 Å². The molecule has 0 radical (unpaired) electrons. The average Bonchev–Trinajstić information content (AvgIpc) is 3.04. The van der Waals surface area contributed by atoms with Crippen LogP contribution in [-0.4, -0.2) is 69.4 Å². The van der Waals surface area contributed by atoms with Crippen LogP contribution >= 0.6 is 0 Å². The van der Waals surface area contributed by atoms with Crippen LogP contribution in [0.5, 0.6) is 0 Å². The molecule has 4 heterocycles. The zero-order chi connectivity index (χ0) is 22.2. The van der Waals surface area contributed by atoms with E-state index in [1.165, 1.54) is 16.7 Å². The van der Waals surface area contributed by atoms with E-state index in [0.717, 1.165) is 23.0 Å². The second-order valence-corrected chi connectivity index (χ2v) is 8.37. The van der Waals surface area contributed by atoms with Gasteiger partial charge in [0.2, 0.25) is 5.95 Å². The maximum absolute atomic E-state index is 13.1. The number of nitrogens with zero attached hydrogens (tertiary/aromatic N) is 6. The Labute approximate surface area is 184 Å². The molecule has 0 spiro atoms. The van der Waals surface area contributed by atoms with Gasteiger partial charge >= 0.3 is 11.7 Å². The second kappa shape index (κ2) is 8.34. The number of hydrogen-bond acceptors (Lipinski definition) is 6. The van der Waals surface area contributed by atoms with Gasteiger partial charge in [0.25, 0.3) is 0 Å². The van der Waals surface area contributed by atoms with E-state index in [1.54, 1.807) is 30.3 Å². The Bertz CT molecular complexity index is 1190. The van der Waals surface area contributed by atoms with Crippen molar-refractivity contribution in [3.05, 3.63) is 52.3 Å². The minimum absolute atomic E-state index is 0.240. The molecule has 9 nitrogen and oxygen atoms in total. The number of benzene rings is 1. The Morgan fingerprint density at radius 1 is 1.19 bits per heavy atom. The number of morpholine rings is 1. The van der Waals surface area contributed by atoms with Crippen molar-refractivity contribution < 1.29 is 13.9 Å². The molecule has 1 amide bonds. The Kier molecular flexibility index (Phi) is 5.38. The monoisotopic (exact) mass is 440 g/mol. The predicted octanol–water partition coefficient (Wildman–Crippen LogP) is 1.64. The molecule has 3 aromatic rings. The third kappa shape index (κ3) is 3.75. The van der Waals surface area contributed by atoms with Crippen LogP contribution in [-0.2, 0) is 18.2 Å². The lowest BCUT2D eigenvalue weighted by molar-refractivity contribution is 0.117. The highest BCUT2D eigenvalue weighted by Crippen LogP contribution is 2.23. The van der Waals surface area contributed by atoms with E-state index in [2.05, 4.69) is 9.97 Å². The summed E-state index contributed by atoms with van der Waals surface area (Å²) in [5, 5.41) is 0. The van der Waals surface area contributed by atoms with Gasteiger partial charge in [-0.25, -0.2) is 23.5 Å². The third-order valence-corrected chi connectivity index (χ3v) is 6.24. The highest BCUT2D eigenvalue weighted by atomic mass is 19.1. The number of halogens is 1. The zero-order valence-corrected chi connectivity index (χ0v) is 17.9. The molecule has 32 heavy (non-hydrogen) atoms. The number of anilines is 1.